The van der Waals surface area contributed by atoms with E-state index in [0.717, 1.165) is 0 Å². The smallest absolute Gasteiger partial charge is 0.449 e. The molecule has 0 bridgehead atoms. The van der Waals surface area contributed by atoms with Crippen LogP contribution >= 0.6 is 0 Å². The number of hydrogen-bond acceptors (Lipinski definition) is 7. The molecule has 0 aliphatic rings. The molecule has 0 aromatic heterocycles. The van der Waals surface area contributed by atoms with Crippen LogP contribution < -0.4 is 0 Å². The van der Waals surface area contributed by atoms with E-state index in [0.29, 0.717) is 0 Å². The Morgan fingerprint density at radius 2 is 1.93 bits per heavy atom. The number of rotatable bonds is 5. The fraction of sp³-hybridized carbons (Fsp3) is 0.600. The summed E-state index contributed by atoms with van der Waals surface area (Å²) in [4.78, 5) is 28.2. The predicted molar refractivity (Wildman–Crippen MR) is 39.0 cm³/mol. The van der Waals surface area contributed by atoms with E-state index in [9.17, 15) is 25.0 Å². The van der Waals surface area contributed by atoms with Gasteiger partial charge in [0, 0.05) is 0 Å². The molecule has 0 unspecified atom stereocenters. The molecule has 0 rings (SSSR count). The first-order chi connectivity index (χ1) is 6.49. The van der Waals surface area contributed by atoms with Crippen LogP contribution in [0, 0.1) is 31.6 Å². The summed E-state index contributed by atoms with van der Waals surface area (Å²) in [6.45, 7) is -0.972. The molecule has 0 atom stereocenters. The van der Waals surface area contributed by atoms with Gasteiger partial charge in [-0.1, -0.05) is 0 Å². The largest absolute Gasteiger partial charge is 0.483 e. The van der Waals surface area contributed by atoms with Gasteiger partial charge in [0.2, 0.25) is 6.61 Å². The summed E-state index contributed by atoms with van der Waals surface area (Å²) < 4.78 is 4.12. The molecule has 0 saturated carbocycles. The number of ether oxygens (including phenoxy) is 1. The number of nitro groups is 2. The molecule has 0 saturated heterocycles. The summed E-state index contributed by atoms with van der Waals surface area (Å²) in [5, 5.41) is 28.0. The second-order valence-electron chi connectivity index (χ2n) is 2.07. The monoisotopic (exact) mass is 203 g/mol. The van der Waals surface area contributed by atoms with Crippen molar-refractivity contribution < 1.29 is 19.4 Å². The number of hydrogen-bond donors (Lipinski definition) is 0. The Labute approximate surface area is 77.2 Å². The molecular weight excluding hydrogens is 198 g/mol. The van der Waals surface area contributed by atoms with Crippen molar-refractivity contribution in [3.8, 4) is 6.07 Å². The molecule has 0 aliphatic heterocycles. The quantitative estimate of drug-likeness (QED) is 0.250. The summed E-state index contributed by atoms with van der Waals surface area (Å²) in [5.74, 6) is -1.03. The van der Waals surface area contributed by atoms with Gasteiger partial charge < -0.3 is 4.74 Å². The van der Waals surface area contributed by atoms with Crippen molar-refractivity contribution in [2.75, 3.05) is 6.61 Å². The van der Waals surface area contributed by atoms with Crippen LogP contribution in [0.4, 0.5) is 0 Å². The van der Waals surface area contributed by atoms with Crippen LogP contribution in [0.5, 0.6) is 0 Å². The lowest BCUT2D eigenvalue weighted by molar-refractivity contribution is -0.743. The minimum absolute atomic E-state index is 0.595. The zero-order chi connectivity index (χ0) is 11.1. The summed E-state index contributed by atoms with van der Waals surface area (Å²) in [5.41, 5.74) is 0. The van der Waals surface area contributed by atoms with Gasteiger partial charge >= 0.3 is 12.1 Å². The van der Waals surface area contributed by atoms with Gasteiger partial charge in [0.05, 0.1) is 15.9 Å². The maximum absolute atomic E-state index is 10.5. The SMILES string of the molecule is N#CCC(=O)OCC([N+](=O)[O-])[N+](=O)[O-]. The molecule has 14 heavy (non-hydrogen) atoms. The Balaban J connectivity index is 4.09. The Morgan fingerprint density at radius 3 is 2.29 bits per heavy atom. The maximum Gasteiger partial charge on any atom is 0.483 e. The van der Waals surface area contributed by atoms with Gasteiger partial charge in [-0.25, -0.2) is 0 Å². The first-order valence-electron chi connectivity index (χ1n) is 3.28. The first-order valence-corrected chi connectivity index (χ1v) is 3.28. The van der Waals surface area contributed by atoms with Gasteiger partial charge in [0.1, 0.15) is 6.42 Å². The van der Waals surface area contributed by atoms with E-state index < -0.39 is 35.0 Å². The van der Waals surface area contributed by atoms with E-state index >= 15 is 0 Å². The lowest BCUT2D eigenvalue weighted by atomic mass is 10.5. The highest BCUT2D eigenvalue weighted by molar-refractivity contribution is 5.71. The molecule has 0 heterocycles. The van der Waals surface area contributed by atoms with Crippen molar-refractivity contribution >= 4 is 5.97 Å². The minimum atomic E-state index is -2.18. The number of esters is 1. The summed E-state index contributed by atoms with van der Waals surface area (Å²) in [6, 6.07) is 1.44. The molecule has 0 aliphatic carbocycles. The second kappa shape index (κ2) is 5.41. The third-order valence-electron chi connectivity index (χ3n) is 1.10. The van der Waals surface area contributed by atoms with Gasteiger partial charge in [-0.2, -0.15) is 5.26 Å². The number of nitriles is 1. The standard InChI is InChI=1S/C5H5N3O6/c6-2-1-5(9)14-3-4(7(10)11)8(12)13/h4H,1,3H2. The van der Waals surface area contributed by atoms with Gasteiger partial charge in [-0.15, -0.1) is 0 Å². The van der Waals surface area contributed by atoms with E-state index in [1.807, 2.05) is 0 Å². The van der Waals surface area contributed by atoms with Crippen LogP contribution in [0.1, 0.15) is 6.42 Å². The van der Waals surface area contributed by atoms with Crippen molar-refractivity contribution in [1.82, 2.24) is 0 Å². The minimum Gasteiger partial charge on any atom is -0.449 e. The lowest BCUT2D eigenvalue weighted by Crippen LogP contribution is -2.34. The fourth-order valence-corrected chi connectivity index (χ4v) is 0.482. The molecular formula is C5H5N3O6. The van der Waals surface area contributed by atoms with Gasteiger partial charge in [0.25, 0.3) is 0 Å². The highest BCUT2D eigenvalue weighted by Gasteiger charge is 2.33. The molecule has 9 nitrogen and oxygen atoms in total. The van der Waals surface area contributed by atoms with Gasteiger partial charge in [-0.3, -0.25) is 25.0 Å². The summed E-state index contributed by atoms with van der Waals surface area (Å²) in [6.07, 6.45) is -2.78. The highest BCUT2D eigenvalue weighted by atomic mass is 16.7. The normalized spacial score (nSPS) is 9.14. The molecule has 9 heteroatoms. The molecule has 0 aromatic rings. The van der Waals surface area contributed by atoms with Crippen LogP contribution in [-0.2, 0) is 9.53 Å². The van der Waals surface area contributed by atoms with Crippen LogP contribution in [-0.4, -0.2) is 28.6 Å². The van der Waals surface area contributed by atoms with Crippen molar-refractivity contribution in [3.05, 3.63) is 20.2 Å². The van der Waals surface area contributed by atoms with E-state index in [-0.39, 0.29) is 0 Å². The molecule has 0 spiro atoms. The molecule has 0 N–H and O–H groups in total. The lowest BCUT2D eigenvalue weighted by Gasteiger charge is -2.01. The average Bonchev–Trinajstić information content (AvgIpc) is 2.03. The molecule has 0 aromatic carbocycles. The Hall–Kier alpha value is -2.24. The maximum atomic E-state index is 10.5. The summed E-state index contributed by atoms with van der Waals surface area (Å²) >= 11 is 0. The van der Waals surface area contributed by atoms with E-state index in [2.05, 4.69) is 4.74 Å². The number of carbonyl (C=O) groups is 1. The summed E-state index contributed by atoms with van der Waals surface area (Å²) in [7, 11) is 0. The number of nitrogens with zero attached hydrogens (tertiary/aromatic N) is 3. The topological polar surface area (TPSA) is 136 Å². The van der Waals surface area contributed by atoms with E-state index in [1.54, 1.807) is 0 Å². The zero-order valence-corrected chi connectivity index (χ0v) is 6.78. The average molecular weight is 203 g/mol. The van der Waals surface area contributed by atoms with Crippen molar-refractivity contribution in [3.63, 3.8) is 0 Å². The first kappa shape index (κ1) is 11.8. The zero-order valence-electron chi connectivity index (χ0n) is 6.78. The van der Waals surface area contributed by atoms with Crippen molar-refractivity contribution in [1.29, 1.82) is 5.26 Å². The molecule has 0 radical (unpaired) electrons. The van der Waals surface area contributed by atoms with Gasteiger partial charge in [0.15, 0.2) is 0 Å². The molecule has 0 fully saturated rings. The fourth-order valence-electron chi connectivity index (χ4n) is 0.482. The molecule has 76 valence electrons. The van der Waals surface area contributed by atoms with Crippen LogP contribution in [0.3, 0.4) is 0 Å². The third kappa shape index (κ3) is 3.96. The Bertz CT molecular complexity index is 280. The third-order valence-corrected chi connectivity index (χ3v) is 1.10. The number of carbonyl (C=O) groups excluding carboxylic acids is 1. The highest BCUT2D eigenvalue weighted by Crippen LogP contribution is 1.94. The van der Waals surface area contributed by atoms with E-state index in [4.69, 9.17) is 5.26 Å². The Kier molecular flexibility index (Phi) is 4.55. The van der Waals surface area contributed by atoms with Crippen molar-refractivity contribution in [2.45, 2.75) is 12.6 Å². The Morgan fingerprint density at radius 1 is 1.43 bits per heavy atom. The predicted octanol–water partition coefficient (Wildman–Crippen LogP) is -0.677. The van der Waals surface area contributed by atoms with Crippen LogP contribution in [0.25, 0.3) is 0 Å². The van der Waals surface area contributed by atoms with E-state index in [1.165, 1.54) is 6.07 Å². The van der Waals surface area contributed by atoms with Crippen LogP contribution in [0.2, 0.25) is 0 Å². The van der Waals surface area contributed by atoms with Gasteiger partial charge in [-0.05, 0) is 0 Å². The second-order valence-corrected chi connectivity index (χ2v) is 2.07. The van der Waals surface area contributed by atoms with Crippen molar-refractivity contribution in [2.24, 2.45) is 0 Å². The molecule has 0 amide bonds. The van der Waals surface area contributed by atoms with Crippen LogP contribution in [0.15, 0.2) is 0 Å².